The number of benzene rings is 1. The van der Waals surface area contributed by atoms with E-state index in [9.17, 15) is 9.66 Å². The normalized spacial score (nSPS) is 14.2. The zero-order chi connectivity index (χ0) is 24.7. The third-order valence-electron chi connectivity index (χ3n) is 5.36. The Morgan fingerprint density at radius 2 is 1.94 bits per heavy atom. The summed E-state index contributed by atoms with van der Waals surface area (Å²) in [6.07, 6.45) is 8.04. The highest BCUT2D eigenvalue weighted by Crippen LogP contribution is 2.35. The van der Waals surface area contributed by atoms with Gasteiger partial charge in [-0.15, -0.1) is 10.2 Å². The fourth-order valence-electron chi connectivity index (χ4n) is 3.25. The van der Waals surface area contributed by atoms with Crippen LogP contribution in [0.1, 0.15) is 43.4 Å². The van der Waals surface area contributed by atoms with Gasteiger partial charge < -0.3 is 19.5 Å². The van der Waals surface area contributed by atoms with Crippen molar-refractivity contribution in [2.45, 2.75) is 44.8 Å². The standard InChI is InChI=1S/C23H30N6O4S/c1-15-13-24-22(25-14-15)16(2)17(3)34(32)28-23-27-26-20(11-6-5-7-12-30)29(23)21-18(31)9-8-10-19(21)33-4/h5-6,8-10,13-14,16-17,30-31H,7,11-12H2,1-4H3,(H,27,28)/b6-5-. The second-order valence-corrected chi connectivity index (χ2v) is 9.35. The van der Waals surface area contributed by atoms with Crippen molar-refractivity contribution in [3.8, 4) is 17.2 Å². The summed E-state index contributed by atoms with van der Waals surface area (Å²) in [7, 11) is 1.50. The van der Waals surface area contributed by atoms with Crippen molar-refractivity contribution in [1.82, 2.24) is 24.7 Å². The molecule has 10 nitrogen and oxygen atoms in total. The fraction of sp³-hybridized carbons (Fsp3) is 0.391. The number of ether oxygens (including phenoxy) is 1. The topological polar surface area (TPSA) is 141 Å². The van der Waals surface area contributed by atoms with Crippen LogP contribution in [0, 0.1) is 6.92 Å². The zero-order valence-corrected chi connectivity index (χ0v) is 20.5. The van der Waals surface area contributed by atoms with Crippen molar-refractivity contribution in [3.05, 3.63) is 60.0 Å². The van der Waals surface area contributed by atoms with Gasteiger partial charge >= 0.3 is 0 Å². The molecule has 0 bridgehead atoms. The maximum Gasteiger partial charge on any atom is 0.271 e. The van der Waals surface area contributed by atoms with Gasteiger partial charge in [0.2, 0.25) is 0 Å². The fourth-order valence-corrected chi connectivity index (χ4v) is 4.24. The smallest absolute Gasteiger partial charge is 0.271 e. The van der Waals surface area contributed by atoms with Crippen LogP contribution < -0.4 is 9.46 Å². The number of methoxy groups -OCH3 is 1. The Morgan fingerprint density at radius 1 is 1.21 bits per heavy atom. The Bertz CT molecular complexity index is 1110. The van der Waals surface area contributed by atoms with Gasteiger partial charge in [-0.05, 0) is 38.0 Å². The monoisotopic (exact) mass is 486 g/mol. The number of para-hydroxylation sites is 1. The molecule has 0 fully saturated rings. The molecule has 0 aliphatic rings. The van der Waals surface area contributed by atoms with Crippen molar-refractivity contribution < 1.29 is 19.5 Å². The highest BCUT2D eigenvalue weighted by Gasteiger charge is 2.31. The number of phenols is 1. The Labute approximate surface area is 202 Å². The summed E-state index contributed by atoms with van der Waals surface area (Å²) in [6.45, 7) is 5.72. The Hall–Kier alpha value is -3.15. The van der Waals surface area contributed by atoms with Crippen LogP contribution in [-0.4, -0.2) is 58.5 Å². The molecular weight excluding hydrogens is 456 g/mol. The number of aliphatic hydroxyl groups excluding tert-OH is 1. The number of aliphatic hydroxyl groups is 1. The van der Waals surface area contributed by atoms with Crippen molar-refractivity contribution in [3.63, 3.8) is 0 Å². The summed E-state index contributed by atoms with van der Waals surface area (Å²) < 4.78 is 23.2. The molecule has 3 rings (SSSR count). The van der Waals surface area contributed by atoms with Crippen LogP contribution in [-0.2, 0) is 17.8 Å². The second kappa shape index (κ2) is 11.8. The molecule has 1 aromatic carbocycles. The second-order valence-electron chi connectivity index (χ2n) is 7.80. The van der Waals surface area contributed by atoms with Crippen molar-refractivity contribution >= 4 is 17.3 Å². The minimum Gasteiger partial charge on any atom is -0.593 e. The lowest BCUT2D eigenvalue weighted by Gasteiger charge is -2.23. The molecule has 2 aromatic heterocycles. The third-order valence-corrected chi connectivity index (χ3v) is 6.82. The number of rotatable bonds is 11. The average Bonchev–Trinajstić information content (AvgIpc) is 3.22. The SMILES string of the molecule is COc1cccc(O)c1-n1c(C/C=C\CCO)nnc1N[S+]([O-])C(C)C(C)c1ncc(C)cn1. The number of aryl methyl sites for hydroxylation is 1. The lowest BCUT2D eigenvalue weighted by Crippen LogP contribution is -2.31. The lowest BCUT2D eigenvalue weighted by atomic mass is 10.1. The van der Waals surface area contributed by atoms with Gasteiger partial charge in [-0.25, -0.2) is 9.97 Å². The molecule has 0 saturated carbocycles. The molecular formula is C23H30N6O4S. The van der Waals surface area contributed by atoms with E-state index >= 15 is 0 Å². The van der Waals surface area contributed by atoms with E-state index in [4.69, 9.17) is 9.84 Å². The first kappa shape index (κ1) is 25.5. The lowest BCUT2D eigenvalue weighted by molar-refractivity contribution is 0.302. The first-order valence-electron chi connectivity index (χ1n) is 10.9. The van der Waals surface area contributed by atoms with Crippen LogP contribution in [0.2, 0.25) is 0 Å². The van der Waals surface area contributed by atoms with E-state index in [1.165, 1.54) is 13.2 Å². The van der Waals surface area contributed by atoms with Crippen LogP contribution >= 0.6 is 0 Å². The average molecular weight is 487 g/mol. The quantitative estimate of drug-likeness (QED) is 0.275. The Morgan fingerprint density at radius 3 is 2.62 bits per heavy atom. The van der Waals surface area contributed by atoms with E-state index in [-0.39, 0.29) is 29.5 Å². The van der Waals surface area contributed by atoms with Crippen LogP contribution in [0.5, 0.6) is 11.5 Å². The number of hydrogen-bond donors (Lipinski definition) is 3. The van der Waals surface area contributed by atoms with Gasteiger partial charge in [-0.1, -0.05) is 25.1 Å². The van der Waals surface area contributed by atoms with Crippen LogP contribution in [0.4, 0.5) is 5.95 Å². The summed E-state index contributed by atoms with van der Waals surface area (Å²) in [5.41, 5.74) is 1.29. The number of hydrogen-bond acceptors (Lipinski definition) is 9. The number of anilines is 1. The van der Waals surface area contributed by atoms with Crippen molar-refractivity contribution in [2.75, 3.05) is 18.4 Å². The summed E-state index contributed by atoms with van der Waals surface area (Å²) in [5, 5.41) is 27.7. The molecule has 3 aromatic rings. The summed E-state index contributed by atoms with van der Waals surface area (Å²) in [5.74, 6) is 1.48. The van der Waals surface area contributed by atoms with E-state index in [2.05, 4.69) is 24.9 Å². The van der Waals surface area contributed by atoms with E-state index < -0.39 is 11.4 Å². The molecule has 0 spiro atoms. The van der Waals surface area contributed by atoms with E-state index in [1.807, 2.05) is 32.9 Å². The molecule has 0 aliphatic carbocycles. The van der Waals surface area contributed by atoms with Crippen molar-refractivity contribution in [2.24, 2.45) is 0 Å². The minimum atomic E-state index is -1.57. The largest absolute Gasteiger partial charge is 0.593 e. The van der Waals surface area contributed by atoms with Gasteiger partial charge in [0.1, 0.15) is 34.1 Å². The van der Waals surface area contributed by atoms with Crippen LogP contribution in [0.15, 0.2) is 42.7 Å². The number of aromatic nitrogens is 5. The third kappa shape index (κ3) is 5.85. The molecule has 3 unspecified atom stereocenters. The number of allylic oxidation sites excluding steroid dienone is 1. The molecule has 0 amide bonds. The Kier molecular flexibility index (Phi) is 8.85. The molecule has 182 valence electrons. The minimum absolute atomic E-state index is 0.0389. The highest BCUT2D eigenvalue weighted by molar-refractivity contribution is 7.93. The summed E-state index contributed by atoms with van der Waals surface area (Å²) in [6, 6.07) is 4.91. The molecule has 3 atom stereocenters. The Balaban J connectivity index is 1.93. The first-order chi connectivity index (χ1) is 16.4. The summed E-state index contributed by atoms with van der Waals surface area (Å²) in [4.78, 5) is 8.72. The zero-order valence-electron chi connectivity index (χ0n) is 19.7. The number of aromatic hydroxyl groups is 1. The maximum atomic E-state index is 13.3. The van der Waals surface area contributed by atoms with Gasteiger partial charge in [0.05, 0.1) is 24.4 Å². The molecule has 34 heavy (non-hydrogen) atoms. The van der Waals surface area contributed by atoms with Gasteiger partial charge in [0.25, 0.3) is 5.95 Å². The van der Waals surface area contributed by atoms with Crippen molar-refractivity contribution in [1.29, 1.82) is 0 Å². The molecule has 0 aliphatic heterocycles. The van der Waals surface area contributed by atoms with Crippen LogP contribution in [0.25, 0.3) is 5.69 Å². The predicted octanol–water partition coefficient (Wildman–Crippen LogP) is 2.83. The first-order valence-corrected chi connectivity index (χ1v) is 12.1. The van der Waals surface area contributed by atoms with E-state index in [0.29, 0.717) is 35.9 Å². The molecule has 2 heterocycles. The number of phenolic OH excluding ortho intramolecular Hbond substituents is 1. The van der Waals surface area contributed by atoms with E-state index in [0.717, 1.165) is 5.56 Å². The van der Waals surface area contributed by atoms with Crippen LogP contribution in [0.3, 0.4) is 0 Å². The summed E-state index contributed by atoms with van der Waals surface area (Å²) >= 11 is -1.57. The number of nitrogens with one attached hydrogen (secondary N) is 1. The molecule has 0 radical (unpaired) electrons. The maximum absolute atomic E-state index is 13.3. The van der Waals surface area contributed by atoms with Gasteiger partial charge in [-0.2, -0.15) is 4.72 Å². The van der Waals surface area contributed by atoms with Gasteiger partial charge in [0, 0.05) is 25.4 Å². The number of nitrogens with zero attached hydrogens (tertiary/aromatic N) is 5. The molecule has 3 N–H and O–H groups in total. The van der Waals surface area contributed by atoms with Gasteiger partial charge in [0.15, 0.2) is 0 Å². The molecule has 0 saturated heterocycles. The van der Waals surface area contributed by atoms with Gasteiger partial charge in [-0.3, -0.25) is 4.57 Å². The highest BCUT2D eigenvalue weighted by atomic mass is 32.2. The molecule has 11 heteroatoms. The van der Waals surface area contributed by atoms with E-state index in [1.54, 1.807) is 29.1 Å². The predicted molar refractivity (Wildman–Crippen MR) is 131 cm³/mol.